The lowest BCUT2D eigenvalue weighted by molar-refractivity contribution is -0.153. The Labute approximate surface area is 167 Å². The van der Waals surface area contributed by atoms with Gasteiger partial charge in [0, 0.05) is 19.1 Å². The molecular weight excluding hydrogens is 380 g/mol. The minimum atomic E-state index is -3.58. The van der Waals surface area contributed by atoms with E-state index in [1.807, 2.05) is 27.7 Å². The molecule has 1 N–H and O–H groups in total. The molecule has 1 amide bonds. The Morgan fingerprint density at radius 1 is 1.21 bits per heavy atom. The topological polar surface area (TPSA) is 92.8 Å². The Kier molecular flexibility index (Phi) is 7.60. The highest BCUT2D eigenvalue weighted by molar-refractivity contribution is 7.89. The van der Waals surface area contributed by atoms with Crippen molar-refractivity contribution in [1.29, 1.82) is 0 Å². The van der Waals surface area contributed by atoms with Crippen molar-refractivity contribution in [3.8, 4) is 0 Å². The predicted octanol–water partition coefficient (Wildman–Crippen LogP) is 2.16. The van der Waals surface area contributed by atoms with Crippen molar-refractivity contribution in [2.45, 2.75) is 57.9 Å². The molecule has 1 atom stereocenters. The van der Waals surface area contributed by atoms with Gasteiger partial charge in [-0.05, 0) is 63.3 Å². The number of rotatable bonds is 7. The fourth-order valence-electron chi connectivity index (χ4n) is 3.03. The van der Waals surface area contributed by atoms with Gasteiger partial charge in [0.2, 0.25) is 10.0 Å². The van der Waals surface area contributed by atoms with Crippen LogP contribution in [0.1, 0.15) is 44.2 Å². The van der Waals surface area contributed by atoms with Crippen LogP contribution in [0.2, 0.25) is 0 Å². The molecule has 1 unspecified atom stereocenters. The molecule has 0 aromatic heterocycles. The van der Waals surface area contributed by atoms with Crippen molar-refractivity contribution in [3.05, 3.63) is 29.3 Å². The molecule has 28 heavy (non-hydrogen) atoms. The zero-order valence-corrected chi connectivity index (χ0v) is 17.8. The number of esters is 1. The molecule has 0 radical (unpaired) electrons. The third-order valence-electron chi connectivity index (χ3n) is 5.27. The molecule has 0 bridgehead atoms. The van der Waals surface area contributed by atoms with Crippen LogP contribution in [-0.2, 0) is 24.3 Å². The van der Waals surface area contributed by atoms with E-state index in [1.165, 1.54) is 4.31 Å². The summed E-state index contributed by atoms with van der Waals surface area (Å²) in [6, 6.07) is 5.14. The summed E-state index contributed by atoms with van der Waals surface area (Å²) in [5.41, 5.74) is 1.97. The maximum Gasteiger partial charge on any atom is 0.309 e. The number of nitrogens with zero attached hydrogens (tertiary/aromatic N) is 1. The first-order valence-corrected chi connectivity index (χ1v) is 11.1. The molecule has 1 aliphatic heterocycles. The number of amides is 1. The number of sulfonamides is 1. The first-order chi connectivity index (χ1) is 13.1. The molecule has 7 nitrogen and oxygen atoms in total. The van der Waals surface area contributed by atoms with Gasteiger partial charge in [0.25, 0.3) is 5.91 Å². The van der Waals surface area contributed by atoms with Gasteiger partial charge < -0.3 is 10.1 Å². The summed E-state index contributed by atoms with van der Waals surface area (Å²) in [7, 11) is -3.58. The van der Waals surface area contributed by atoms with Crippen LogP contribution in [0.5, 0.6) is 0 Å². The van der Waals surface area contributed by atoms with E-state index in [0.717, 1.165) is 17.5 Å². The third kappa shape index (κ3) is 5.54. The zero-order chi connectivity index (χ0) is 20.9. The number of carbonyl (C=O) groups is 2. The van der Waals surface area contributed by atoms with Crippen molar-refractivity contribution in [1.82, 2.24) is 9.62 Å². The maximum atomic E-state index is 12.8. The number of ether oxygens (including phenoxy) is 1. The normalized spacial score (nSPS) is 17.1. The lowest BCUT2D eigenvalue weighted by atomic mass is 9.98. The molecule has 0 aliphatic carbocycles. The molecule has 1 aromatic carbocycles. The summed E-state index contributed by atoms with van der Waals surface area (Å²) in [6.07, 6.45) is 1.57. The number of carbonyl (C=O) groups excluding carboxylic acids is 2. The van der Waals surface area contributed by atoms with Crippen molar-refractivity contribution >= 4 is 21.9 Å². The lowest BCUT2D eigenvalue weighted by Gasteiger charge is -2.30. The molecule has 1 saturated heterocycles. The Morgan fingerprint density at radius 2 is 1.86 bits per heavy atom. The monoisotopic (exact) mass is 410 g/mol. The van der Waals surface area contributed by atoms with Gasteiger partial charge in [0.1, 0.15) is 0 Å². The average molecular weight is 411 g/mol. The quantitative estimate of drug-likeness (QED) is 0.696. The van der Waals surface area contributed by atoms with E-state index in [9.17, 15) is 18.0 Å². The van der Waals surface area contributed by atoms with E-state index in [2.05, 4.69) is 5.32 Å². The van der Waals surface area contributed by atoms with Gasteiger partial charge in [-0.1, -0.05) is 13.0 Å². The summed E-state index contributed by atoms with van der Waals surface area (Å²) in [5.74, 6) is -1.15. The highest BCUT2D eigenvalue weighted by Crippen LogP contribution is 2.25. The summed E-state index contributed by atoms with van der Waals surface area (Å²) < 4.78 is 32.2. The van der Waals surface area contributed by atoms with E-state index in [4.69, 9.17) is 4.74 Å². The standard InChI is InChI=1S/C20H30N2O5S/c1-5-16(4)21-19(23)13-27-20(24)17-8-10-22(11-9-17)28(25,26)18-7-6-14(2)15(3)12-18/h6-7,12,16-17H,5,8-11,13H2,1-4H3,(H,21,23). The summed E-state index contributed by atoms with van der Waals surface area (Å²) >= 11 is 0. The lowest BCUT2D eigenvalue weighted by Crippen LogP contribution is -2.41. The molecule has 1 aliphatic rings. The van der Waals surface area contributed by atoms with Crippen LogP contribution >= 0.6 is 0 Å². The fraction of sp³-hybridized carbons (Fsp3) is 0.600. The smallest absolute Gasteiger partial charge is 0.309 e. The summed E-state index contributed by atoms with van der Waals surface area (Å²) in [5, 5.41) is 2.74. The Morgan fingerprint density at radius 3 is 2.43 bits per heavy atom. The number of nitrogens with one attached hydrogen (secondary N) is 1. The fourth-order valence-corrected chi connectivity index (χ4v) is 4.58. The van der Waals surface area contributed by atoms with Gasteiger partial charge in [0.15, 0.2) is 6.61 Å². The van der Waals surface area contributed by atoms with Crippen LogP contribution in [0, 0.1) is 19.8 Å². The van der Waals surface area contributed by atoms with E-state index in [0.29, 0.717) is 12.8 Å². The van der Waals surface area contributed by atoms with E-state index >= 15 is 0 Å². The minimum absolute atomic E-state index is 0.0325. The first kappa shape index (κ1) is 22.4. The average Bonchev–Trinajstić information content (AvgIpc) is 2.68. The van der Waals surface area contributed by atoms with Gasteiger partial charge >= 0.3 is 5.97 Å². The largest absolute Gasteiger partial charge is 0.455 e. The second-order valence-corrected chi connectivity index (χ2v) is 9.35. The SMILES string of the molecule is CCC(C)NC(=O)COC(=O)C1CCN(S(=O)(=O)c2ccc(C)c(C)c2)CC1. The molecule has 1 fully saturated rings. The van der Waals surface area contributed by atoms with Gasteiger partial charge in [-0.25, -0.2) is 8.42 Å². The Balaban J connectivity index is 1.88. The van der Waals surface area contributed by atoms with Crippen molar-refractivity contribution in [3.63, 3.8) is 0 Å². The van der Waals surface area contributed by atoms with Crippen LogP contribution in [-0.4, -0.2) is 50.3 Å². The highest BCUT2D eigenvalue weighted by Gasteiger charge is 2.33. The van der Waals surface area contributed by atoms with Gasteiger partial charge in [-0.3, -0.25) is 9.59 Å². The first-order valence-electron chi connectivity index (χ1n) is 9.68. The second-order valence-electron chi connectivity index (χ2n) is 7.41. The van der Waals surface area contributed by atoms with E-state index in [-0.39, 0.29) is 42.5 Å². The molecule has 0 spiro atoms. The number of piperidine rings is 1. The van der Waals surface area contributed by atoms with Crippen LogP contribution in [0.25, 0.3) is 0 Å². The van der Waals surface area contributed by atoms with E-state index < -0.39 is 16.0 Å². The van der Waals surface area contributed by atoms with Gasteiger partial charge in [-0.15, -0.1) is 0 Å². The summed E-state index contributed by atoms with van der Waals surface area (Å²) in [6.45, 7) is 7.87. The zero-order valence-electron chi connectivity index (χ0n) is 17.0. The third-order valence-corrected chi connectivity index (χ3v) is 7.16. The number of hydrogen-bond acceptors (Lipinski definition) is 5. The Hall–Kier alpha value is -1.93. The van der Waals surface area contributed by atoms with Gasteiger partial charge in [0.05, 0.1) is 10.8 Å². The number of hydrogen-bond donors (Lipinski definition) is 1. The van der Waals surface area contributed by atoms with Crippen LogP contribution in [0.4, 0.5) is 0 Å². The van der Waals surface area contributed by atoms with Crippen LogP contribution in [0.3, 0.4) is 0 Å². The van der Waals surface area contributed by atoms with Crippen molar-refractivity contribution in [2.75, 3.05) is 19.7 Å². The molecule has 156 valence electrons. The van der Waals surface area contributed by atoms with Crippen molar-refractivity contribution < 1.29 is 22.7 Å². The van der Waals surface area contributed by atoms with E-state index in [1.54, 1.807) is 18.2 Å². The summed E-state index contributed by atoms with van der Waals surface area (Å²) in [4.78, 5) is 24.2. The molecule has 1 heterocycles. The van der Waals surface area contributed by atoms with Crippen LogP contribution in [0.15, 0.2) is 23.1 Å². The van der Waals surface area contributed by atoms with Gasteiger partial charge in [-0.2, -0.15) is 4.31 Å². The molecule has 0 saturated carbocycles. The molecule has 2 rings (SSSR count). The number of benzene rings is 1. The predicted molar refractivity (Wildman–Crippen MR) is 106 cm³/mol. The molecule has 1 aromatic rings. The molecule has 8 heteroatoms. The van der Waals surface area contributed by atoms with Crippen molar-refractivity contribution in [2.24, 2.45) is 5.92 Å². The van der Waals surface area contributed by atoms with Crippen LogP contribution < -0.4 is 5.32 Å². The number of aryl methyl sites for hydroxylation is 2. The maximum absolute atomic E-state index is 12.8. The molecular formula is C20H30N2O5S. The Bertz CT molecular complexity index is 814. The minimum Gasteiger partial charge on any atom is -0.455 e. The second kappa shape index (κ2) is 9.52. The highest BCUT2D eigenvalue weighted by atomic mass is 32.2.